The van der Waals surface area contributed by atoms with Crippen LogP contribution in [-0.4, -0.2) is 37.6 Å². The molecule has 124 valence electrons. The van der Waals surface area contributed by atoms with Gasteiger partial charge in [-0.15, -0.1) is 0 Å². The molecule has 0 radical (unpaired) electrons. The van der Waals surface area contributed by atoms with Crippen LogP contribution in [0.5, 0.6) is 0 Å². The fraction of sp³-hybridized carbons (Fsp3) is 1.00. The number of rotatable bonds is 6. The van der Waals surface area contributed by atoms with E-state index in [0.29, 0.717) is 5.41 Å². The first-order chi connectivity index (χ1) is 10.2. The molecule has 0 bridgehead atoms. The van der Waals surface area contributed by atoms with Crippen molar-refractivity contribution in [1.29, 1.82) is 0 Å². The van der Waals surface area contributed by atoms with E-state index in [-0.39, 0.29) is 0 Å². The quantitative estimate of drug-likeness (QED) is 0.785. The van der Waals surface area contributed by atoms with Crippen LogP contribution >= 0.6 is 0 Å². The molecule has 1 saturated heterocycles. The van der Waals surface area contributed by atoms with E-state index >= 15 is 0 Å². The highest BCUT2D eigenvalue weighted by Crippen LogP contribution is 2.37. The molecule has 1 N–H and O–H groups in total. The Hall–Kier alpha value is -0.0800. The minimum Gasteiger partial charge on any atom is -0.316 e. The molecular formula is C19H38N2. The average Bonchev–Trinajstić information content (AvgIpc) is 2.72. The van der Waals surface area contributed by atoms with Crippen LogP contribution in [-0.2, 0) is 0 Å². The van der Waals surface area contributed by atoms with Crippen LogP contribution in [0.4, 0.5) is 0 Å². The molecular weight excluding hydrogens is 256 g/mol. The molecule has 1 aliphatic carbocycles. The fourth-order valence-corrected chi connectivity index (χ4v) is 4.56. The zero-order chi connectivity index (χ0) is 15.1. The van der Waals surface area contributed by atoms with Crippen LogP contribution in [0.25, 0.3) is 0 Å². The van der Waals surface area contributed by atoms with Crippen molar-refractivity contribution in [2.24, 2.45) is 17.3 Å². The van der Waals surface area contributed by atoms with Crippen molar-refractivity contribution in [1.82, 2.24) is 10.2 Å². The van der Waals surface area contributed by atoms with E-state index in [1.165, 1.54) is 77.5 Å². The molecule has 2 nitrogen and oxygen atoms in total. The predicted molar refractivity (Wildman–Crippen MR) is 92.7 cm³/mol. The van der Waals surface area contributed by atoms with Crippen LogP contribution in [0.3, 0.4) is 0 Å². The minimum atomic E-state index is 0.575. The van der Waals surface area contributed by atoms with Gasteiger partial charge in [-0.3, -0.25) is 0 Å². The zero-order valence-corrected chi connectivity index (χ0v) is 14.8. The van der Waals surface area contributed by atoms with Crippen molar-refractivity contribution in [3.8, 4) is 0 Å². The number of hydrogen-bond acceptors (Lipinski definition) is 2. The molecule has 2 rings (SSSR count). The molecule has 1 saturated carbocycles. The topological polar surface area (TPSA) is 15.3 Å². The molecule has 0 aromatic carbocycles. The lowest BCUT2D eigenvalue weighted by Gasteiger charge is -2.41. The lowest BCUT2D eigenvalue weighted by molar-refractivity contribution is 0.103. The smallest absolute Gasteiger partial charge is 0.00501 e. The number of nitrogens with zero attached hydrogens (tertiary/aromatic N) is 1. The van der Waals surface area contributed by atoms with Gasteiger partial charge in [0.2, 0.25) is 0 Å². The van der Waals surface area contributed by atoms with Gasteiger partial charge < -0.3 is 10.2 Å². The first kappa shape index (κ1) is 17.3. The van der Waals surface area contributed by atoms with E-state index in [1.54, 1.807) is 0 Å². The summed E-state index contributed by atoms with van der Waals surface area (Å²) in [5.74, 6) is 1.83. The lowest BCUT2D eigenvalue weighted by atomic mass is 9.73. The highest BCUT2D eigenvalue weighted by molar-refractivity contribution is 4.88. The first-order valence-electron chi connectivity index (χ1n) is 9.58. The van der Waals surface area contributed by atoms with Crippen LogP contribution < -0.4 is 5.32 Å². The van der Waals surface area contributed by atoms with Crippen LogP contribution in [0.15, 0.2) is 0 Å². The summed E-state index contributed by atoms with van der Waals surface area (Å²) in [4.78, 5) is 2.81. The maximum Gasteiger partial charge on any atom is 0.00501 e. The van der Waals surface area contributed by atoms with Crippen molar-refractivity contribution in [3.05, 3.63) is 0 Å². The van der Waals surface area contributed by atoms with E-state index in [2.05, 4.69) is 31.0 Å². The second-order valence-electron chi connectivity index (χ2n) is 8.05. The molecule has 1 atom stereocenters. The maximum atomic E-state index is 3.66. The summed E-state index contributed by atoms with van der Waals surface area (Å²) in [5.41, 5.74) is 0.575. The average molecular weight is 295 g/mol. The molecule has 2 heteroatoms. The summed E-state index contributed by atoms with van der Waals surface area (Å²) >= 11 is 0. The third kappa shape index (κ3) is 5.25. The largest absolute Gasteiger partial charge is 0.316 e. The fourth-order valence-electron chi connectivity index (χ4n) is 4.56. The highest BCUT2D eigenvalue weighted by atomic mass is 15.1. The van der Waals surface area contributed by atoms with Gasteiger partial charge in [-0.25, -0.2) is 0 Å². The Kier molecular flexibility index (Phi) is 7.01. The molecule has 1 heterocycles. The summed E-state index contributed by atoms with van der Waals surface area (Å²) in [7, 11) is 0. The van der Waals surface area contributed by atoms with Crippen molar-refractivity contribution in [3.63, 3.8) is 0 Å². The summed E-state index contributed by atoms with van der Waals surface area (Å²) in [6, 6.07) is 0. The van der Waals surface area contributed by atoms with Crippen molar-refractivity contribution in [2.75, 3.05) is 32.7 Å². The van der Waals surface area contributed by atoms with Crippen LogP contribution in [0.2, 0.25) is 0 Å². The molecule has 0 aromatic heterocycles. The van der Waals surface area contributed by atoms with Gasteiger partial charge >= 0.3 is 0 Å². The van der Waals surface area contributed by atoms with Gasteiger partial charge in [-0.05, 0) is 69.0 Å². The van der Waals surface area contributed by atoms with E-state index in [1.807, 2.05) is 0 Å². The Morgan fingerprint density at radius 3 is 2.48 bits per heavy atom. The molecule has 0 aromatic rings. The Bertz CT molecular complexity index is 281. The van der Waals surface area contributed by atoms with Crippen LogP contribution in [0.1, 0.15) is 72.1 Å². The monoisotopic (exact) mass is 294 g/mol. The molecule has 2 fully saturated rings. The van der Waals surface area contributed by atoms with E-state index in [9.17, 15) is 0 Å². The Morgan fingerprint density at radius 2 is 1.81 bits per heavy atom. The summed E-state index contributed by atoms with van der Waals surface area (Å²) in [5, 5.41) is 3.66. The third-order valence-corrected chi connectivity index (χ3v) is 6.03. The van der Waals surface area contributed by atoms with Gasteiger partial charge in [0, 0.05) is 13.1 Å². The molecule has 0 amide bonds. The summed E-state index contributed by atoms with van der Waals surface area (Å²) < 4.78 is 0. The van der Waals surface area contributed by atoms with Gasteiger partial charge in [-0.1, -0.05) is 40.0 Å². The number of nitrogens with one attached hydrogen (secondary N) is 1. The van der Waals surface area contributed by atoms with E-state index in [0.717, 1.165) is 18.4 Å². The number of hydrogen-bond donors (Lipinski definition) is 1. The second-order valence-corrected chi connectivity index (χ2v) is 8.05. The molecule has 2 aliphatic rings. The van der Waals surface area contributed by atoms with Gasteiger partial charge in [0.15, 0.2) is 0 Å². The van der Waals surface area contributed by atoms with Gasteiger partial charge in [0.25, 0.3) is 0 Å². The Balaban J connectivity index is 1.90. The summed E-state index contributed by atoms with van der Waals surface area (Å²) in [6.07, 6.45) is 11.6. The number of likely N-dealkylation sites (tertiary alicyclic amines) is 1. The Morgan fingerprint density at radius 1 is 1.05 bits per heavy atom. The molecule has 1 aliphatic heterocycles. The van der Waals surface area contributed by atoms with Crippen molar-refractivity contribution < 1.29 is 0 Å². The lowest BCUT2D eigenvalue weighted by Crippen LogP contribution is -2.45. The van der Waals surface area contributed by atoms with Crippen molar-refractivity contribution in [2.45, 2.75) is 72.1 Å². The first-order valence-corrected chi connectivity index (χ1v) is 9.58. The highest BCUT2D eigenvalue weighted by Gasteiger charge is 2.34. The molecule has 21 heavy (non-hydrogen) atoms. The SMILES string of the molecule is CCNCC1(CN2CCCC(C(C)C)CC2)CCCCC1. The van der Waals surface area contributed by atoms with E-state index in [4.69, 9.17) is 0 Å². The van der Waals surface area contributed by atoms with Crippen molar-refractivity contribution >= 4 is 0 Å². The molecule has 0 spiro atoms. The zero-order valence-electron chi connectivity index (χ0n) is 14.8. The van der Waals surface area contributed by atoms with Gasteiger partial charge in [0.05, 0.1) is 0 Å². The standard InChI is InChI=1S/C19H38N2/c1-4-20-15-19(11-6-5-7-12-19)16-21-13-8-9-18(10-14-21)17(2)3/h17-18,20H,4-16H2,1-3H3. The third-order valence-electron chi connectivity index (χ3n) is 6.03. The summed E-state index contributed by atoms with van der Waals surface area (Å²) in [6.45, 7) is 13.5. The maximum absolute atomic E-state index is 3.66. The van der Waals surface area contributed by atoms with Gasteiger partial charge in [-0.2, -0.15) is 0 Å². The van der Waals surface area contributed by atoms with Gasteiger partial charge in [0.1, 0.15) is 0 Å². The second kappa shape index (κ2) is 8.53. The van der Waals surface area contributed by atoms with E-state index < -0.39 is 0 Å². The minimum absolute atomic E-state index is 0.575. The predicted octanol–water partition coefficient (Wildman–Crippen LogP) is 4.30. The molecule has 1 unspecified atom stereocenters. The van der Waals surface area contributed by atoms with Crippen LogP contribution in [0, 0.1) is 17.3 Å². The normalized spacial score (nSPS) is 27.7. The Labute approximate surface area is 133 Å².